The van der Waals surface area contributed by atoms with Crippen LogP contribution in [0.5, 0.6) is 0 Å². The van der Waals surface area contributed by atoms with Crippen molar-refractivity contribution in [1.82, 2.24) is 25.6 Å². The zero-order valence-electron chi connectivity index (χ0n) is 10.3. The smallest absolute Gasteiger partial charge is 0.196 e. The molecule has 0 amide bonds. The van der Waals surface area contributed by atoms with E-state index in [-0.39, 0.29) is 6.04 Å². The first-order chi connectivity index (χ1) is 9.25. The third kappa shape index (κ3) is 2.05. The van der Waals surface area contributed by atoms with Crippen molar-refractivity contribution in [3.05, 3.63) is 36.3 Å². The van der Waals surface area contributed by atoms with Crippen LogP contribution >= 0.6 is 0 Å². The summed E-state index contributed by atoms with van der Waals surface area (Å²) in [5.74, 6) is 0.584. The third-order valence-corrected chi connectivity index (χ3v) is 2.91. The van der Waals surface area contributed by atoms with Crippen LogP contribution in [-0.4, -0.2) is 25.6 Å². The number of rotatable bonds is 3. The van der Waals surface area contributed by atoms with Gasteiger partial charge in [0.05, 0.1) is 29.1 Å². The van der Waals surface area contributed by atoms with Crippen LogP contribution in [-0.2, 0) is 0 Å². The fourth-order valence-corrected chi connectivity index (χ4v) is 1.95. The van der Waals surface area contributed by atoms with Crippen LogP contribution in [0, 0.1) is 0 Å². The minimum atomic E-state index is -0.105. The molecule has 1 unspecified atom stereocenters. The largest absolute Gasteiger partial charge is 0.396 e. The highest BCUT2D eigenvalue weighted by Gasteiger charge is 2.13. The van der Waals surface area contributed by atoms with Gasteiger partial charge in [0.1, 0.15) is 0 Å². The molecule has 2 aromatic heterocycles. The highest BCUT2D eigenvalue weighted by atomic mass is 15.5. The number of H-pyrrole nitrogens is 1. The molecular weight excluding hydrogens is 242 g/mol. The maximum atomic E-state index is 6.00. The van der Waals surface area contributed by atoms with Crippen molar-refractivity contribution >= 4 is 22.3 Å². The summed E-state index contributed by atoms with van der Waals surface area (Å²) in [5, 5.41) is 18.2. The van der Waals surface area contributed by atoms with E-state index in [9.17, 15) is 0 Å². The first-order valence-electron chi connectivity index (χ1n) is 5.89. The molecule has 1 aromatic carbocycles. The highest BCUT2D eigenvalue weighted by Crippen LogP contribution is 2.30. The van der Waals surface area contributed by atoms with E-state index in [1.165, 1.54) is 0 Å². The molecule has 0 radical (unpaired) electrons. The molecule has 0 spiro atoms. The number of aromatic nitrogens is 5. The van der Waals surface area contributed by atoms with Gasteiger partial charge in [-0.25, -0.2) is 0 Å². The van der Waals surface area contributed by atoms with E-state index in [0.717, 1.165) is 16.6 Å². The van der Waals surface area contributed by atoms with Crippen molar-refractivity contribution in [2.75, 3.05) is 11.1 Å². The molecule has 0 saturated carbocycles. The number of aromatic amines is 1. The molecule has 0 aliphatic heterocycles. The number of nitrogens with zero attached hydrogens (tertiary/aromatic N) is 4. The van der Waals surface area contributed by atoms with Crippen LogP contribution in [0.4, 0.5) is 11.4 Å². The molecule has 1 atom stereocenters. The number of hydrogen-bond donors (Lipinski definition) is 3. The van der Waals surface area contributed by atoms with Gasteiger partial charge in [-0.3, -0.25) is 4.98 Å². The van der Waals surface area contributed by atoms with Crippen molar-refractivity contribution in [1.29, 1.82) is 0 Å². The second kappa shape index (κ2) is 4.52. The van der Waals surface area contributed by atoms with Gasteiger partial charge in [0.2, 0.25) is 0 Å². The van der Waals surface area contributed by atoms with Crippen molar-refractivity contribution in [2.45, 2.75) is 13.0 Å². The SMILES string of the molecule is CC(Nc1c(N)cnc2ccccc12)c1nn[nH]n1. The molecule has 2 heterocycles. The van der Waals surface area contributed by atoms with E-state index < -0.39 is 0 Å². The molecule has 0 aliphatic rings. The van der Waals surface area contributed by atoms with E-state index in [1.54, 1.807) is 6.20 Å². The summed E-state index contributed by atoms with van der Waals surface area (Å²) in [5.41, 5.74) is 8.32. The van der Waals surface area contributed by atoms with Gasteiger partial charge in [-0.15, -0.1) is 10.2 Å². The lowest BCUT2D eigenvalue weighted by Gasteiger charge is -2.15. The number of fused-ring (bicyclic) bond motifs is 1. The molecule has 0 saturated heterocycles. The van der Waals surface area contributed by atoms with Crippen molar-refractivity contribution < 1.29 is 0 Å². The van der Waals surface area contributed by atoms with Crippen molar-refractivity contribution in [3.8, 4) is 0 Å². The Kier molecular flexibility index (Phi) is 2.71. The Balaban J connectivity index is 2.02. The number of tetrazole rings is 1. The number of nitrogens with one attached hydrogen (secondary N) is 2. The molecule has 7 heteroatoms. The van der Waals surface area contributed by atoms with E-state index >= 15 is 0 Å². The fourth-order valence-electron chi connectivity index (χ4n) is 1.95. The maximum absolute atomic E-state index is 6.00. The topological polar surface area (TPSA) is 105 Å². The predicted molar refractivity (Wildman–Crippen MR) is 72.4 cm³/mol. The predicted octanol–water partition coefficient (Wildman–Crippen LogP) is 1.50. The molecule has 3 rings (SSSR count). The van der Waals surface area contributed by atoms with Crippen molar-refractivity contribution in [3.63, 3.8) is 0 Å². The lowest BCUT2D eigenvalue weighted by atomic mass is 10.1. The van der Waals surface area contributed by atoms with Gasteiger partial charge in [-0.1, -0.05) is 23.4 Å². The summed E-state index contributed by atoms with van der Waals surface area (Å²) in [6.45, 7) is 1.94. The Morgan fingerprint density at radius 2 is 2.16 bits per heavy atom. The average Bonchev–Trinajstić information content (AvgIpc) is 2.96. The van der Waals surface area contributed by atoms with Gasteiger partial charge in [0.15, 0.2) is 5.82 Å². The second-order valence-electron chi connectivity index (χ2n) is 4.24. The zero-order chi connectivity index (χ0) is 13.2. The van der Waals surface area contributed by atoms with E-state index in [0.29, 0.717) is 11.5 Å². The van der Waals surface area contributed by atoms with Gasteiger partial charge in [0.25, 0.3) is 0 Å². The minimum absolute atomic E-state index is 0.105. The summed E-state index contributed by atoms with van der Waals surface area (Å²) in [6.07, 6.45) is 1.65. The summed E-state index contributed by atoms with van der Waals surface area (Å²) in [7, 11) is 0. The Bertz CT molecular complexity index is 692. The van der Waals surface area contributed by atoms with Crippen LogP contribution in [0.15, 0.2) is 30.5 Å². The average molecular weight is 255 g/mol. The van der Waals surface area contributed by atoms with E-state index in [2.05, 4.69) is 30.9 Å². The monoisotopic (exact) mass is 255 g/mol. The van der Waals surface area contributed by atoms with Gasteiger partial charge in [-0.05, 0) is 13.0 Å². The molecular formula is C12H13N7. The lowest BCUT2D eigenvalue weighted by Crippen LogP contribution is -2.11. The highest BCUT2D eigenvalue weighted by molar-refractivity contribution is 5.96. The van der Waals surface area contributed by atoms with Crippen LogP contribution in [0.25, 0.3) is 10.9 Å². The number of pyridine rings is 1. The Morgan fingerprint density at radius 3 is 2.95 bits per heavy atom. The molecule has 0 aliphatic carbocycles. The first-order valence-corrected chi connectivity index (χ1v) is 5.89. The van der Waals surface area contributed by atoms with Gasteiger partial charge in [0, 0.05) is 5.39 Å². The number of para-hydroxylation sites is 1. The van der Waals surface area contributed by atoms with Crippen LogP contribution < -0.4 is 11.1 Å². The molecule has 0 bridgehead atoms. The summed E-state index contributed by atoms with van der Waals surface area (Å²) in [6, 6.07) is 7.71. The van der Waals surface area contributed by atoms with E-state index in [4.69, 9.17) is 5.73 Å². The molecule has 3 aromatic rings. The summed E-state index contributed by atoms with van der Waals surface area (Å²) in [4.78, 5) is 4.30. The Morgan fingerprint density at radius 1 is 1.32 bits per heavy atom. The number of nitrogens with two attached hydrogens (primary N) is 1. The van der Waals surface area contributed by atoms with Gasteiger partial charge < -0.3 is 11.1 Å². The van der Waals surface area contributed by atoms with E-state index in [1.807, 2.05) is 31.2 Å². The van der Waals surface area contributed by atoms with Crippen LogP contribution in [0.1, 0.15) is 18.8 Å². The zero-order valence-corrected chi connectivity index (χ0v) is 10.3. The quantitative estimate of drug-likeness (QED) is 0.655. The number of hydrogen-bond acceptors (Lipinski definition) is 6. The summed E-state index contributed by atoms with van der Waals surface area (Å²) < 4.78 is 0. The fraction of sp³-hybridized carbons (Fsp3) is 0.167. The standard InChI is InChI=1S/C12H13N7/c1-7(12-16-18-19-17-12)15-11-8-4-2-3-5-10(8)14-6-9(11)13/h2-7H,13H2,1H3,(H,14,15)(H,16,17,18,19). The Labute approximate surface area is 109 Å². The first kappa shape index (κ1) is 11.4. The van der Waals surface area contributed by atoms with Gasteiger partial charge >= 0.3 is 0 Å². The number of benzene rings is 1. The molecule has 7 nitrogen and oxygen atoms in total. The second-order valence-corrected chi connectivity index (χ2v) is 4.24. The third-order valence-electron chi connectivity index (χ3n) is 2.91. The number of nitrogen functional groups attached to an aromatic ring is 1. The minimum Gasteiger partial charge on any atom is -0.396 e. The molecule has 0 fully saturated rings. The van der Waals surface area contributed by atoms with Crippen LogP contribution in [0.2, 0.25) is 0 Å². The van der Waals surface area contributed by atoms with Crippen molar-refractivity contribution in [2.24, 2.45) is 0 Å². The Hall–Kier alpha value is -2.70. The normalized spacial score (nSPS) is 12.5. The van der Waals surface area contributed by atoms with Gasteiger partial charge in [-0.2, -0.15) is 5.21 Å². The maximum Gasteiger partial charge on any atom is 0.196 e. The molecule has 4 N–H and O–H groups in total. The molecule has 19 heavy (non-hydrogen) atoms. The van der Waals surface area contributed by atoms with Crippen LogP contribution in [0.3, 0.4) is 0 Å². The molecule has 96 valence electrons. The lowest BCUT2D eigenvalue weighted by molar-refractivity contribution is 0.795. The summed E-state index contributed by atoms with van der Waals surface area (Å²) >= 11 is 0. The number of anilines is 2.